The molecule has 1 fully saturated rings. The number of carbonyl (C=O) groups excluding carboxylic acids is 2. The van der Waals surface area contributed by atoms with Crippen molar-refractivity contribution in [3.8, 4) is 5.75 Å². The lowest BCUT2D eigenvalue weighted by Crippen LogP contribution is -2.55. The van der Waals surface area contributed by atoms with Gasteiger partial charge in [-0.25, -0.2) is 13.4 Å². The zero-order chi connectivity index (χ0) is 27.1. The van der Waals surface area contributed by atoms with Gasteiger partial charge in [-0.05, 0) is 30.2 Å². The first-order valence-electron chi connectivity index (χ1n) is 12.1. The summed E-state index contributed by atoms with van der Waals surface area (Å²) in [5, 5.41) is 9.28. The molecule has 2 heterocycles. The van der Waals surface area contributed by atoms with Crippen LogP contribution in [0.5, 0.6) is 5.75 Å². The number of nitrogens with one attached hydrogen (secondary N) is 3. The molecule has 3 aromatic rings. The molecule has 1 aromatic heterocycles. The van der Waals surface area contributed by atoms with Crippen LogP contribution >= 0.6 is 0 Å². The fraction of sp³-hybridized carbons (Fsp3) is 0.360. The molecule has 1 aliphatic heterocycles. The number of sulfonamides is 1. The summed E-state index contributed by atoms with van der Waals surface area (Å²) in [7, 11) is -2.85. The van der Waals surface area contributed by atoms with Gasteiger partial charge in [0.2, 0.25) is 21.8 Å². The van der Waals surface area contributed by atoms with E-state index in [4.69, 9.17) is 4.74 Å². The van der Waals surface area contributed by atoms with Crippen molar-refractivity contribution in [1.29, 1.82) is 0 Å². The third-order valence-electron chi connectivity index (χ3n) is 6.17. The Morgan fingerprint density at radius 3 is 2.47 bits per heavy atom. The van der Waals surface area contributed by atoms with Gasteiger partial charge in [0.25, 0.3) is 0 Å². The Morgan fingerprint density at radius 1 is 1.11 bits per heavy atom. The van der Waals surface area contributed by atoms with Gasteiger partial charge in [-0.1, -0.05) is 30.3 Å². The largest absolute Gasteiger partial charge is 0.495 e. The lowest BCUT2D eigenvalue weighted by molar-refractivity contribution is -0.134. The Hall–Kier alpha value is -3.81. The first-order chi connectivity index (χ1) is 18.2. The van der Waals surface area contributed by atoms with Crippen LogP contribution in [0.1, 0.15) is 18.3 Å². The first-order valence-corrected chi connectivity index (χ1v) is 13.6. The Kier molecular flexibility index (Phi) is 8.71. The zero-order valence-electron chi connectivity index (χ0n) is 21.3. The van der Waals surface area contributed by atoms with E-state index in [0.717, 1.165) is 11.4 Å². The standard InChI is InChI=1S/C25H31N7O5S/c1-18(33)28-20-8-9-22(37-2)23(15-20)38(35,36)30-21(14-19-6-4-3-5-7-19)25(34)32-12-10-31(11-13-32)16-24-26-17-27-29-24/h3-9,15,17,21,30H,10-14,16H2,1-2H3,(H,28,33)(H,26,27,29). The quantitative estimate of drug-likeness (QED) is 0.344. The summed E-state index contributed by atoms with van der Waals surface area (Å²) in [5.74, 6) is 0.188. The number of nitrogens with zero attached hydrogens (tertiary/aromatic N) is 4. The summed E-state index contributed by atoms with van der Waals surface area (Å²) in [6.07, 6.45) is 1.63. The molecular weight excluding hydrogens is 510 g/mol. The smallest absolute Gasteiger partial charge is 0.245 e. The van der Waals surface area contributed by atoms with Crippen LogP contribution in [0.4, 0.5) is 5.69 Å². The summed E-state index contributed by atoms with van der Waals surface area (Å²) < 4.78 is 35.0. The molecule has 3 N–H and O–H groups in total. The second-order valence-electron chi connectivity index (χ2n) is 8.94. The summed E-state index contributed by atoms with van der Waals surface area (Å²) in [6.45, 7) is 4.04. The molecular formula is C25H31N7O5S. The zero-order valence-corrected chi connectivity index (χ0v) is 22.1. The van der Waals surface area contributed by atoms with Crippen LogP contribution in [-0.4, -0.2) is 84.5 Å². The monoisotopic (exact) mass is 541 g/mol. The second-order valence-corrected chi connectivity index (χ2v) is 10.6. The van der Waals surface area contributed by atoms with E-state index in [9.17, 15) is 18.0 Å². The Bertz CT molecular complexity index is 1340. The van der Waals surface area contributed by atoms with Crippen LogP contribution in [-0.2, 0) is 32.6 Å². The van der Waals surface area contributed by atoms with Crippen molar-refractivity contribution in [2.24, 2.45) is 0 Å². The van der Waals surface area contributed by atoms with Crippen LogP contribution < -0.4 is 14.8 Å². The molecule has 1 unspecified atom stereocenters. The third-order valence-corrected chi connectivity index (χ3v) is 7.67. The van der Waals surface area contributed by atoms with Gasteiger partial charge in [-0.2, -0.15) is 9.82 Å². The van der Waals surface area contributed by atoms with E-state index in [0.29, 0.717) is 38.4 Å². The van der Waals surface area contributed by atoms with Gasteiger partial charge in [0.15, 0.2) is 0 Å². The predicted octanol–water partition coefficient (Wildman–Crippen LogP) is 1.01. The van der Waals surface area contributed by atoms with Gasteiger partial charge in [0, 0.05) is 38.8 Å². The molecule has 0 bridgehead atoms. The number of methoxy groups -OCH3 is 1. The topological polar surface area (TPSA) is 150 Å². The number of ether oxygens (including phenoxy) is 1. The van der Waals surface area contributed by atoms with Crippen molar-refractivity contribution in [3.63, 3.8) is 0 Å². The minimum atomic E-state index is -4.21. The minimum absolute atomic E-state index is 0.0959. The van der Waals surface area contributed by atoms with Crippen LogP contribution in [0.25, 0.3) is 0 Å². The molecule has 2 amide bonds. The lowest BCUT2D eigenvalue weighted by Gasteiger charge is -2.36. The summed E-state index contributed by atoms with van der Waals surface area (Å²) in [5.41, 5.74) is 1.11. The van der Waals surface area contributed by atoms with Crippen molar-refractivity contribution >= 4 is 27.5 Å². The Balaban J connectivity index is 1.54. The summed E-state index contributed by atoms with van der Waals surface area (Å²) in [6, 6.07) is 12.5. The van der Waals surface area contributed by atoms with E-state index in [1.54, 1.807) is 11.0 Å². The third kappa shape index (κ3) is 6.94. The van der Waals surface area contributed by atoms with Crippen molar-refractivity contribution in [2.45, 2.75) is 30.8 Å². The molecule has 0 aliphatic carbocycles. The van der Waals surface area contributed by atoms with Gasteiger partial charge >= 0.3 is 0 Å². The number of rotatable bonds is 10. The number of anilines is 1. The Morgan fingerprint density at radius 2 is 1.84 bits per heavy atom. The van der Waals surface area contributed by atoms with E-state index in [-0.39, 0.29) is 28.9 Å². The van der Waals surface area contributed by atoms with Crippen molar-refractivity contribution in [1.82, 2.24) is 29.7 Å². The lowest BCUT2D eigenvalue weighted by atomic mass is 10.1. The average molecular weight is 542 g/mol. The van der Waals surface area contributed by atoms with Crippen molar-refractivity contribution < 1.29 is 22.7 Å². The highest BCUT2D eigenvalue weighted by atomic mass is 32.2. The number of carbonyl (C=O) groups is 2. The molecule has 13 heteroatoms. The minimum Gasteiger partial charge on any atom is -0.495 e. The van der Waals surface area contributed by atoms with E-state index in [1.807, 2.05) is 30.3 Å². The van der Waals surface area contributed by atoms with Gasteiger partial charge in [-0.3, -0.25) is 19.6 Å². The van der Waals surface area contributed by atoms with Gasteiger partial charge in [0.05, 0.1) is 13.7 Å². The number of aromatic amines is 1. The number of H-pyrrole nitrogens is 1. The molecule has 1 aliphatic rings. The van der Waals surface area contributed by atoms with E-state index in [1.165, 1.54) is 32.5 Å². The molecule has 0 saturated carbocycles. The number of aromatic nitrogens is 3. The highest BCUT2D eigenvalue weighted by Gasteiger charge is 2.33. The SMILES string of the molecule is COc1ccc(NC(C)=O)cc1S(=O)(=O)NC(Cc1ccccc1)C(=O)N1CCN(Cc2ncn[nH]2)CC1. The molecule has 1 atom stereocenters. The molecule has 0 radical (unpaired) electrons. The van der Waals surface area contributed by atoms with Crippen LogP contribution in [0.2, 0.25) is 0 Å². The van der Waals surface area contributed by atoms with Crippen molar-refractivity contribution in [2.75, 3.05) is 38.6 Å². The molecule has 202 valence electrons. The first kappa shape index (κ1) is 27.2. The maximum Gasteiger partial charge on any atom is 0.245 e. The second kappa shape index (κ2) is 12.2. The molecule has 38 heavy (non-hydrogen) atoms. The maximum atomic E-state index is 13.7. The maximum absolute atomic E-state index is 13.7. The van der Waals surface area contributed by atoms with Gasteiger partial charge in [-0.15, -0.1) is 0 Å². The fourth-order valence-electron chi connectivity index (χ4n) is 4.31. The van der Waals surface area contributed by atoms with Crippen LogP contribution in [0.3, 0.4) is 0 Å². The normalized spacial score (nSPS) is 15.2. The number of piperazine rings is 1. The molecule has 4 rings (SSSR count). The molecule has 1 saturated heterocycles. The number of amides is 2. The molecule has 2 aromatic carbocycles. The molecule has 12 nitrogen and oxygen atoms in total. The van der Waals surface area contributed by atoms with Crippen molar-refractivity contribution in [3.05, 3.63) is 66.2 Å². The highest BCUT2D eigenvalue weighted by molar-refractivity contribution is 7.89. The van der Waals surface area contributed by atoms with E-state index >= 15 is 0 Å². The average Bonchev–Trinajstić information content (AvgIpc) is 3.41. The molecule has 0 spiro atoms. The number of hydrogen-bond acceptors (Lipinski definition) is 8. The van der Waals surface area contributed by atoms with E-state index < -0.39 is 16.1 Å². The highest BCUT2D eigenvalue weighted by Crippen LogP contribution is 2.28. The number of benzene rings is 2. The fourth-order valence-corrected chi connectivity index (χ4v) is 5.70. The van der Waals surface area contributed by atoms with Gasteiger partial charge in [0.1, 0.15) is 28.8 Å². The van der Waals surface area contributed by atoms with Crippen LogP contribution in [0, 0.1) is 0 Å². The predicted molar refractivity (Wildman–Crippen MR) is 140 cm³/mol. The Labute approximate surface area is 221 Å². The summed E-state index contributed by atoms with van der Waals surface area (Å²) >= 11 is 0. The van der Waals surface area contributed by atoms with Crippen LogP contribution in [0.15, 0.2) is 59.8 Å². The number of hydrogen-bond donors (Lipinski definition) is 3. The summed E-state index contributed by atoms with van der Waals surface area (Å²) in [4.78, 5) is 33.0. The van der Waals surface area contributed by atoms with Gasteiger partial charge < -0.3 is 15.0 Å². The van der Waals surface area contributed by atoms with E-state index in [2.05, 4.69) is 30.1 Å².